The van der Waals surface area contributed by atoms with Crippen LogP contribution in [-0.4, -0.2) is 54.2 Å². The molecular weight excluding hydrogens is 410 g/mol. The second-order valence-electron chi connectivity index (χ2n) is 7.87. The molecule has 0 fully saturated rings. The van der Waals surface area contributed by atoms with Gasteiger partial charge in [-0.25, -0.2) is 4.79 Å². The number of likely N-dealkylation sites (N-methyl/N-ethyl adjacent to an activating group) is 1. The molecule has 166 valence electrons. The molecule has 0 radical (unpaired) electrons. The lowest BCUT2D eigenvalue weighted by Crippen LogP contribution is -2.49. The Labute approximate surface area is 186 Å². The maximum Gasteiger partial charge on any atom is 0.407 e. The van der Waals surface area contributed by atoms with Crippen LogP contribution >= 0.6 is 0 Å². The van der Waals surface area contributed by atoms with Crippen LogP contribution in [0.2, 0.25) is 0 Å². The fourth-order valence-corrected chi connectivity index (χ4v) is 3.96. The Bertz CT molecular complexity index is 1020. The lowest BCUT2D eigenvalue weighted by molar-refractivity contribution is -0.142. The van der Waals surface area contributed by atoms with Crippen LogP contribution in [0.5, 0.6) is 0 Å². The van der Waals surface area contributed by atoms with Crippen LogP contribution in [-0.2, 0) is 14.3 Å². The highest BCUT2D eigenvalue weighted by Gasteiger charge is 2.31. The Hall–Kier alpha value is -3.86. The zero-order valence-corrected chi connectivity index (χ0v) is 17.9. The first-order valence-corrected chi connectivity index (χ1v) is 10.3. The molecule has 1 aliphatic carbocycles. The summed E-state index contributed by atoms with van der Waals surface area (Å²) in [7, 11) is 1.46. The normalized spacial score (nSPS) is 13.8. The molecule has 3 rings (SSSR count). The molecule has 8 nitrogen and oxygen atoms in total. The molecule has 8 heteroatoms. The number of benzene rings is 2. The molecule has 0 saturated heterocycles. The van der Waals surface area contributed by atoms with Gasteiger partial charge in [0.2, 0.25) is 5.91 Å². The van der Waals surface area contributed by atoms with Crippen molar-refractivity contribution in [3.8, 4) is 17.2 Å². The zero-order valence-electron chi connectivity index (χ0n) is 17.9. The number of nitrogens with zero attached hydrogens (tertiary/aromatic N) is 2. The fourth-order valence-electron chi connectivity index (χ4n) is 3.96. The van der Waals surface area contributed by atoms with E-state index in [-0.39, 0.29) is 19.1 Å². The van der Waals surface area contributed by atoms with Gasteiger partial charge in [-0.3, -0.25) is 9.59 Å². The van der Waals surface area contributed by atoms with Crippen molar-refractivity contribution in [2.24, 2.45) is 5.92 Å². The van der Waals surface area contributed by atoms with Gasteiger partial charge in [0.05, 0.1) is 18.4 Å². The molecule has 2 N–H and O–H groups in total. The molecule has 1 aliphatic rings. The fraction of sp³-hybridized carbons (Fsp3) is 0.333. The summed E-state index contributed by atoms with van der Waals surface area (Å²) in [6.07, 6.45) is -1.46. The number of carbonyl (C=O) groups is 3. The van der Waals surface area contributed by atoms with E-state index in [9.17, 15) is 14.4 Å². The SMILES string of the molecule is CC(C#N)CN(C)C(=O)C(CC(=O)O)NC(=O)OCC1c2ccccc2-c2ccccc21. The van der Waals surface area contributed by atoms with Gasteiger partial charge in [-0.05, 0) is 29.2 Å². The first-order valence-electron chi connectivity index (χ1n) is 10.3. The van der Waals surface area contributed by atoms with Gasteiger partial charge in [0, 0.05) is 19.5 Å². The summed E-state index contributed by atoms with van der Waals surface area (Å²) in [6, 6.07) is 16.5. The van der Waals surface area contributed by atoms with Crippen molar-refractivity contribution >= 4 is 18.0 Å². The van der Waals surface area contributed by atoms with E-state index in [2.05, 4.69) is 5.32 Å². The molecule has 2 aromatic rings. The molecule has 0 bridgehead atoms. The van der Waals surface area contributed by atoms with E-state index in [1.54, 1.807) is 6.92 Å². The van der Waals surface area contributed by atoms with Crippen LogP contribution in [0.15, 0.2) is 48.5 Å². The molecule has 2 unspecified atom stereocenters. The highest BCUT2D eigenvalue weighted by Crippen LogP contribution is 2.44. The molecule has 2 atom stereocenters. The van der Waals surface area contributed by atoms with Crippen LogP contribution in [0.25, 0.3) is 11.1 Å². The average Bonchev–Trinajstić information content (AvgIpc) is 3.10. The van der Waals surface area contributed by atoms with E-state index >= 15 is 0 Å². The van der Waals surface area contributed by atoms with Crippen molar-refractivity contribution in [1.29, 1.82) is 5.26 Å². The van der Waals surface area contributed by atoms with E-state index < -0.39 is 36.4 Å². The number of hydrogen-bond acceptors (Lipinski definition) is 5. The second-order valence-corrected chi connectivity index (χ2v) is 7.87. The number of carbonyl (C=O) groups excluding carboxylic acids is 2. The minimum Gasteiger partial charge on any atom is -0.481 e. The monoisotopic (exact) mass is 435 g/mol. The third-order valence-electron chi connectivity index (χ3n) is 5.46. The van der Waals surface area contributed by atoms with Crippen molar-refractivity contribution in [1.82, 2.24) is 10.2 Å². The van der Waals surface area contributed by atoms with Gasteiger partial charge in [-0.2, -0.15) is 5.26 Å². The Kier molecular flexibility index (Phi) is 7.11. The first kappa shape index (κ1) is 22.8. The van der Waals surface area contributed by atoms with Crippen molar-refractivity contribution in [3.63, 3.8) is 0 Å². The zero-order chi connectivity index (χ0) is 23.3. The van der Waals surface area contributed by atoms with Gasteiger partial charge in [-0.15, -0.1) is 0 Å². The van der Waals surface area contributed by atoms with Crippen LogP contribution in [0.4, 0.5) is 4.79 Å². The summed E-state index contributed by atoms with van der Waals surface area (Å²) in [6.45, 7) is 1.82. The average molecular weight is 435 g/mol. The predicted octanol–water partition coefficient (Wildman–Crippen LogP) is 2.99. The number of carboxylic acid groups (broad SMARTS) is 1. The van der Waals surface area contributed by atoms with Crippen molar-refractivity contribution < 1.29 is 24.2 Å². The summed E-state index contributed by atoms with van der Waals surface area (Å²) in [5, 5.41) is 20.5. The second kappa shape index (κ2) is 9.96. The Morgan fingerprint density at radius 1 is 1.12 bits per heavy atom. The number of nitriles is 1. The molecule has 2 aromatic carbocycles. The maximum atomic E-state index is 12.6. The topological polar surface area (TPSA) is 120 Å². The minimum absolute atomic E-state index is 0.0507. The Morgan fingerprint density at radius 2 is 1.69 bits per heavy atom. The van der Waals surface area contributed by atoms with E-state index in [1.165, 1.54) is 11.9 Å². The summed E-state index contributed by atoms with van der Waals surface area (Å²) in [5.41, 5.74) is 4.27. The Morgan fingerprint density at radius 3 is 2.22 bits per heavy atom. The summed E-state index contributed by atoms with van der Waals surface area (Å²) in [5.74, 6) is -2.41. The highest BCUT2D eigenvalue weighted by molar-refractivity contribution is 5.89. The smallest absolute Gasteiger partial charge is 0.407 e. The van der Waals surface area contributed by atoms with Gasteiger partial charge < -0.3 is 20.1 Å². The molecule has 32 heavy (non-hydrogen) atoms. The van der Waals surface area contributed by atoms with Gasteiger partial charge in [0.25, 0.3) is 0 Å². The first-order chi connectivity index (χ1) is 15.3. The molecule has 0 spiro atoms. The van der Waals surface area contributed by atoms with Crippen molar-refractivity contribution in [2.45, 2.75) is 25.3 Å². The van der Waals surface area contributed by atoms with Crippen LogP contribution in [0.3, 0.4) is 0 Å². The molecule has 0 aromatic heterocycles. The van der Waals surface area contributed by atoms with Crippen LogP contribution in [0, 0.1) is 17.2 Å². The summed E-state index contributed by atoms with van der Waals surface area (Å²) in [4.78, 5) is 37.6. The summed E-state index contributed by atoms with van der Waals surface area (Å²) < 4.78 is 5.42. The van der Waals surface area contributed by atoms with Gasteiger partial charge in [0.1, 0.15) is 12.6 Å². The van der Waals surface area contributed by atoms with Gasteiger partial charge in [-0.1, -0.05) is 48.5 Å². The number of amides is 2. The van der Waals surface area contributed by atoms with Crippen molar-refractivity contribution in [3.05, 3.63) is 59.7 Å². The predicted molar refractivity (Wildman–Crippen MR) is 117 cm³/mol. The van der Waals surface area contributed by atoms with Gasteiger partial charge in [0.15, 0.2) is 0 Å². The Balaban J connectivity index is 1.67. The molecule has 0 heterocycles. The lowest BCUT2D eigenvalue weighted by atomic mass is 9.98. The van der Waals surface area contributed by atoms with Crippen LogP contribution < -0.4 is 5.32 Å². The number of carboxylic acids is 1. The third kappa shape index (κ3) is 5.06. The standard InChI is InChI=1S/C24H25N3O5/c1-15(12-25)13-27(2)23(30)21(11-22(28)29)26-24(31)32-14-20-18-9-5-3-7-16(18)17-8-4-6-10-19(17)20/h3-10,15,20-21H,11,13-14H2,1-2H3,(H,26,31)(H,28,29). The molecular formula is C24H25N3O5. The van der Waals surface area contributed by atoms with E-state index in [1.807, 2.05) is 54.6 Å². The van der Waals surface area contributed by atoms with E-state index in [4.69, 9.17) is 15.1 Å². The number of hydrogen-bond donors (Lipinski definition) is 2. The van der Waals surface area contributed by atoms with Gasteiger partial charge >= 0.3 is 12.1 Å². The number of rotatable bonds is 8. The number of aliphatic carboxylic acids is 1. The molecule has 0 aliphatic heterocycles. The van der Waals surface area contributed by atoms with E-state index in [0.717, 1.165) is 22.3 Å². The lowest BCUT2D eigenvalue weighted by Gasteiger charge is -2.24. The maximum absolute atomic E-state index is 12.6. The largest absolute Gasteiger partial charge is 0.481 e. The third-order valence-corrected chi connectivity index (χ3v) is 5.46. The van der Waals surface area contributed by atoms with E-state index in [0.29, 0.717) is 0 Å². The van der Waals surface area contributed by atoms with Crippen molar-refractivity contribution in [2.75, 3.05) is 20.2 Å². The minimum atomic E-state index is -1.29. The quantitative estimate of drug-likeness (QED) is 0.658. The highest BCUT2D eigenvalue weighted by atomic mass is 16.5. The number of nitrogens with one attached hydrogen (secondary N) is 1. The molecule has 0 saturated carbocycles. The number of ether oxygens (including phenoxy) is 1. The molecule has 2 amide bonds. The number of alkyl carbamates (subject to hydrolysis) is 1. The summed E-state index contributed by atoms with van der Waals surface area (Å²) >= 11 is 0. The number of fused-ring (bicyclic) bond motifs is 3. The van der Waals surface area contributed by atoms with Crippen LogP contribution in [0.1, 0.15) is 30.4 Å².